The minimum atomic E-state index is -0.178. The van der Waals surface area contributed by atoms with Crippen LogP contribution in [-0.4, -0.2) is 17.9 Å². The molecule has 1 atom stereocenters. The van der Waals surface area contributed by atoms with Gasteiger partial charge in [0.2, 0.25) is 5.91 Å². The second kappa shape index (κ2) is 8.64. The zero-order valence-electron chi connectivity index (χ0n) is 13.8. The highest BCUT2D eigenvalue weighted by Crippen LogP contribution is 2.17. The van der Waals surface area contributed by atoms with Crippen molar-refractivity contribution in [2.45, 2.75) is 32.7 Å². The Labute approximate surface area is 150 Å². The van der Waals surface area contributed by atoms with Gasteiger partial charge in [-0.3, -0.25) is 9.59 Å². The van der Waals surface area contributed by atoms with E-state index in [1.54, 1.807) is 24.3 Å². The van der Waals surface area contributed by atoms with E-state index in [0.29, 0.717) is 11.3 Å². The molecule has 2 amide bonds. The van der Waals surface area contributed by atoms with Crippen molar-refractivity contribution < 1.29 is 9.59 Å². The van der Waals surface area contributed by atoms with E-state index >= 15 is 0 Å². The third-order valence-electron chi connectivity index (χ3n) is 3.69. The lowest BCUT2D eigenvalue weighted by Crippen LogP contribution is -2.32. The van der Waals surface area contributed by atoms with Crippen LogP contribution in [0.1, 0.15) is 36.2 Å². The predicted molar refractivity (Wildman–Crippen MR) is 100 cm³/mol. The molecule has 0 aromatic heterocycles. The fraction of sp³-hybridized carbons (Fsp3) is 0.263. The van der Waals surface area contributed by atoms with Crippen LogP contribution < -0.4 is 10.6 Å². The number of rotatable bonds is 6. The molecule has 2 aromatic rings. The van der Waals surface area contributed by atoms with E-state index in [1.165, 1.54) is 0 Å². The van der Waals surface area contributed by atoms with Crippen LogP contribution in [0.4, 0.5) is 5.69 Å². The maximum Gasteiger partial charge on any atom is 0.253 e. The molecule has 0 heterocycles. The number of hydrogen-bond donors (Lipinski definition) is 2. The zero-order chi connectivity index (χ0) is 17.5. The van der Waals surface area contributed by atoms with Crippen molar-refractivity contribution in [1.29, 1.82) is 0 Å². The lowest BCUT2D eigenvalue weighted by Gasteiger charge is -2.14. The molecule has 0 aliphatic carbocycles. The molecule has 0 spiro atoms. The molecule has 4 nitrogen and oxygen atoms in total. The van der Waals surface area contributed by atoms with Gasteiger partial charge in [0.25, 0.3) is 5.91 Å². The first-order chi connectivity index (χ1) is 11.5. The smallest absolute Gasteiger partial charge is 0.253 e. The highest BCUT2D eigenvalue weighted by Gasteiger charge is 2.14. The van der Waals surface area contributed by atoms with Gasteiger partial charge in [0.05, 0.1) is 17.7 Å². The number of para-hydroxylation sites is 1. The summed E-state index contributed by atoms with van der Waals surface area (Å²) in [4.78, 5) is 24.6. The lowest BCUT2D eigenvalue weighted by molar-refractivity contribution is -0.115. The lowest BCUT2D eigenvalue weighted by atomic mass is 10.1. The molecule has 2 aromatic carbocycles. The van der Waals surface area contributed by atoms with Crippen LogP contribution in [0.3, 0.4) is 0 Å². The van der Waals surface area contributed by atoms with Crippen LogP contribution in [-0.2, 0) is 11.2 Å². The highest BCUT2D eigenvalue weighted by atomic mass is 79.9. The standard InChI is InChI=1S/C19H21BrN2O2/c1-3-13(2)21-19(24)16-9-4-5-10-17(16)22-18(23)12-14-7-6-8-15(20)11-14/h4-11,13H,3,12H2,1-2H3,(H,21,24)(H,22,23)/t13-/m1/s1. The van der Waals surface area contributed by atoms with E-state index in [2.05, 4.69) is 26.6 Å². The summed E-state index contributed by atoms with van der Waals surface area (Å²) < 4.78 is 0.932. The van der Waals surface area contributed by atoms with E-state index in [9.17, 15) is 9.59 Å². The Morgan fingerprint density at radius 1 is 1.12 bits per heavy atom. The van der Waals surface area contributed by atoms with Gasteiger partial charge in [-0.15, -0.1) is 0 Å². The first kappa shape index (κ1) is 18.2. The molecule has 24 heavy (non-hydrogen) atoms. The van der Waals surface area contributed by atoms with Crippen LogP contribution in [0.5, 0.6) is 0 Å². The molecule has 126 valence electrons. The largest absolute Gasteiger partial charge is 0.350 e. The summed E-state index contributed by atoms with van der Waals surface area (Å²) in [5, 5.41) is 5.76. The SMILES string of the molecule is CC[C@@H](C)NC(=O)c1ccccc1NC(=O)Cc1cccc(Br)c1. The second-order valence-corrected chi connectivity index (χ2v) is 6.60. The van der Waals surface area contributed by atoms with E-state index in [0.717, 1.165) is 16.5 Å². The minimum absolute atomic E-state index is 0.0860. The highest BCUT2D eigenvalue weighted by molar-refractivity contribution is 9.10. The molecule has 0 fully saturated rings. The van der Waals surface area contributed by atoms with E-state index < -0.39 is 0 Å². The monoisotopic (exact) mass is 388 g/mol. The average Bonchev–Trinajstić information content (AvgIpc) is 2.55. The van der Waals surface area contributed by atoms with E-state index in [1.807, 2.05) is 38.1 Å². The van der Waals surface area contributed by atoms with Crippen LogP contribution in [0, 0.1) is 0 Å². The Bertz CT molecular complexity index is 731. The number of carbonyl (C=O) groups is 2. The molecule has 0 saturated heterocycles. The molecule has 0 saturated carbocycles. The van der Waals surface area contributed by atoms with Gasteiger partial charge in [-0.05, 0) is 43.2 Å². The molecule has 2 rings (SSSR count). The molecule has 0 aliphatic heterocycles. The van der Waals surface area contributed by atoms with Gasteiger partial charge >= 0.3 is 0 Å². The van der Waals surface area contributed by atoms with Gasteiger partial charge in [-0.25, -0.2) is 0 Å². The van der Waals surface area contributed by atoms with Crippen LogP contribution in [0.2, 0.25) is 0 Å². The summed E-state index contributed by atoms with van der Waals surface area (Å²) in [5.41, 5.74) is 1.90. The number of nitrogens with one attached hydrogen (secondary N) is 2. The van der Waals surface area contributed by atoms with Crippen LogP contribution in [0.15, 0.2) is 53.0 Å². The summed E-state index contributed by atoms with van der Waals surface area (Å²) >= 11 is 3.39. The fourth-order valence-corrected chi connectivity index (χ4v) is 2.67. The number of halogens is 1. The third kappa shape index (κ3) is 5.20. The Balaban J connectivity index is 2.09. The summed E-state index contributed by atoms with van der Waals surface area (Å²) in [5.74, 6) is -0.334. The molecular weight excluding hydrogens is 368 g/mol. The van der Waals surface area contributed by atoms with Gasteiger partial charge in [-0.2, -0.15) is 0 Å². The van der Waals surface area contributed by atoms with Gasteiger partial charge in [0, 0.05) is 10.5 Å². The maximum absolute atomic E-state index is 12.4. The molecule has 0 bridgehead atoms. The normalized spacial score (nSPS) is 11.6. The van der Waals surface area contributed by atoms with Crippen molar-refractivity contribution in [2.24, 2.45) is 0 Å². The van der Waals surface area contributed by atoms with Gasteiger partial charge < -0.3 is 10.6 Å². The molecule has 0 unspecified atom stereocenters. The number of anilines is 1. The van der Waals surface area contributed by atoms with Crippen molar-refractivity contribution >= 4 is 33.4 Å². The Hall–Kier alpha value is -2.14. The Morgan fingerprint density at radius 3 is 2.58 bits per heavy atom. The average molecular weight is 389 g/mol. The summed E-state index contributed by atoms with van der Waals surface area (Å²) in [7, 11) is 0. The van der Waals surface area contributed by atoms with Gasteiger partial charge in [0.15, 0.2) is 0 Å². The number of benzene rings is 2. The van der Waals surface area contributed by atoms with E-state index in [-0.39, 0.29) is 24.3 Å². The third-order valence-corrected chi connectivity index (χ3v) is 4.18. The van der Waals surface area contributed by atoms with Crippen molar-refractivity contribution in [1.82, 2.24) is 5.32 Å². The van der Waals surface area contributed by atoms with Gasteiger partial charge in [0.1, 0.15) is 0 Å². The topological polar surface area (TPSA) is 58.2 Å². The number of hydrogen-bond acceptors (Lipinski definition) is 2. The zero-order valence-corrected chi connectivity index (χ0v) is 15.4. The molecular formula is C19H21BrN2O2. The molecule has 0 radical (unpaired) electrons. The van der Waals surface area contributed by atoms with Crippen molar-refractivity contribution in [3.63, 3.8) is 0 Å². The summed E-state index contributed by atoms with van der Waals surface area (Å²) in [6, 6.07) is 14.7. The van der Waals surface area contributed by atoms with Gasteiger partial charge in [-0.1, -0.05) is 47.1 Å². The van der Waals surface area contributed by atoms with Crippen LogP contribution in [0.25, 0.3) is 0 Å². The Morgan fingerprint density at radius 2 is 1.88 bits per heavy atom. The fourth-order valence-electron chi connectivity index (χ4n) is 2.22. The summed E-state index contributed by atoms with van der Waals surface area (Å²) in [6.07, 6.45) is 1.10. The number of carbonyl (C=O) groups excluding carboxylic acids is 2. The van der Waals surface area contributed by atoms with Crippen molar-refractivity contribution in [3.8, 4) is 0 Å². The predicted octanol–water partition coefficient (Wildman–Crippen LogP) is 4.16. The second-order valence-electron chi connectivity index (χ2n) is 5.68. The molecule has 5 heteroatoms. The maximum atomic E-state index is 12.4. The minimum Gasteiger partial charge on any atom is -0.350 e. The quantitative estimate of drug-likeness (QED) is 0.780. The van der Waals surface area contributed by atoms with E-state index in [4.69, 9.17) is 0 Å². The van der Waals surface area contributed by atoms with Crippen molar-refractivity contribution in [3.05, 3.63) is 64.1 Å². The first-order valence-electron chi connectivity index (χ1n) is 7.93. The van der Waals surface area contributed by atoms with Crippen LogP contribution >= 0.6 is 15.9 Å². The first-order valence-corrected chi connectivity index (χ1v) is 8.73. The summed E-state index contributed by atoms with van der Waals surface area (Å²) in [6.45, 7) is 3.96. The number of amides is 2. The molecule has 0 aliphatic rings. The Kier molecular flexibility index (Phi) is 6.55. The molecule has 2 N–H and O–H groups in total. The van der Waals surface area contributed by atoms with Crippen molar-refractivity contribution in [2.75, 3.05) is 5.32 Å².